The maximum atomic E-state index is 9.62. The van der Waals surface area contributed by atoms with Gasteiger partial charge in [-0.1, -0.05) is 0 Å². The van der Waals surface area contributed by atoms with Crippen LogP contribution in [0.3, 0.4) is 0 Å². The molecule has 0 radical (unpaired) electrons. The molecule has 2 N–H and O–H groups in total. The van der Waals surface area contributed by atoms with E-state index in [0.717, 1.165) is 48.5 Å². The summed E-state index contributed by atoms with van der Waals surface area (Å²) in [6.07, 6.45) is 1.46. The maximum Gasteiger partial charge on any atom is 0.226 e. The summed E-state index contributed by atoms with van der Waals surface area (Å²) in [5.74, 6) is 1.69. The topological polar surface area (TPSA) is 61.3 Å². The Morgan fingerprint density at radius 1 is 1.42 bits per heavy atom. The van der Waals surface area contributed by atoms with E-state index in [1.807, 2.05) is 6.92 Å². The van der Waals surface area contributed by atoms with Gasteiger partial charge in [-0.3, -0.25) is 0 Å². The molecule has 0 unspecified atom stereocenters. The molecule has 1 aliphatic heterocycles. The van der Waals surface area contributed by atoms with Gasteiger partial charge in [-0.25, -0.2) is 4.98 Å². The molecule has 0 amide bonds. The van der Waals surface area contributed by atoms with E-state index in [1.165, 1.54) is 0 Å². The van der Waals surface area contributed by atoms with Crippen molar-refractivity contribution in [3.05, 3.63) is 11.4 Å². The fourth-order valence-electron chi connectivity index (χ4n) is 2.40. The minimum Gasteiger partial charge on any atom is -0.393 e. The summed E-state index contributed by atoms with van der Waals surface area (Å²) in [5.41, 5.74) is 0. The highest BCUT2D eigenvalue weighted by Crippen LogP contribution is 2.30. The van der Waals surface area contributed by atoms with E-state index >= 15 is 0 Å². The summed E-state index contributed by atoms with van der Waals surface area (Å²) < 4.78 is 0. The highest BCUT2D eigenvalue weighted by atomic mass is 32.1. The number of aromatic nitrogens is 2. The quantitative estimate of drug-likeness (QED) is 0.900. The Bertz CT molecular complexity index is 563. The second-order valence-corrected chi connectivity index (χ2v) is 5.65. The standard InChI is InChI=1S/C13H18N4OS/c1-2-14-13-15-11(10-5-8-19-12(10)16-13)17-6-3-9(18)4-7-17/h5,8-9,18H,2-4,6-7H2,1H3,(H,14,15,16). The van der Waals surface area contributed by atoms with E-state index in [2.05, 4.69) is 31.6 Å². The Labute approximate surface area is 116 Å². The first-order valence-electron chi connectivity index (χ1n) is 6.70. The Morgan fingerprint density at radius 3 is 2.95 bits per heavy atom. The lowest BCUT2D eigenvalue weighted by molar-refractivity contribution is 0.145. The summed E-state index contributed by atoms with van der Waals surface area (Å²) in [7, 11) is 0. The van der Waals surface area contributed by atoms with Crippen molar-refractivity contribution in [2.75, 3.05) is 29.9 Å². The molecule has 3 heterocycles. The molecule has 5 nitrogen and oxygen atoms in total. The zero-order valence-corrected chi connectivity index (χ0v) is 11.8. The van der Waals surface area contributed by atoms with Crippen LogP contribution in [0.25, 0.3) is 10.2 Å². The molecule has 1 aliphatic rings. The zero-order valence-electron chi connectivity index (χ0n) is 11.0. The number of nitrogens with zero attached hydrogens (tertiary/aromatic N) is 3. The number of rotatable bonds is 3. The third kappa shape index (κ3) is 2.50. The van der Waals surface area contributed by atoms with Crippen molar-refractivity contribution >= 4 is 33.3 Å². The van der Waals surface area contributed by atoms with Gasteiger partial charge in [-0.15, -0.1) is 11.3 Å². The van der Waals surface area contributed by atoms with Crippen LogP contribution < -0.4 is 10.2 Å². The normalized spacial score (nSPS) is 17.1. The fraction of sp³-hybridized carbons (Fsp3) is 0.538. The first kappa shape index (κ1) is 12.6. The van der Waals surface area contributed by atoms with E-state index in [4.69, 9.17) is 0 Å². The maximum absolute atomic E-state index is 9.62. The van der Waals surface area contributed by atoms with E-state index in [1.54, 1.807) is 11.3 Å². The number of nitrogens with one attached hydrogen (secondary N) is 1. The number of hydrogen-bond acceptors (Lipinski definition) is 6. The monoisotopic (exact) mass is 278 g/mol. The number of aliphatic hydroxyl groups excluding tert-OH is 1. The molecule has 102 valence electrons. The van der Waals surface area contributed by atoms with Crippen LogP contribution in [0.2, 0.25) is 0 Å². The van der Waals surface area contributed by atoms with Crippen molar-refractivity contribution in [2.45, 2.75) is 25.9 Å². The number of thiophene rings is 1. The van der Waals surface area contributed by atoms with Crippen LogP contribution in [0.15, 0.2) is 11.4 Å². The first-order valence-corrected chi connectivity index (χ1v) is 7.58. The molecule has 1 fully saturated rings. The average molecular weight is 278 g/mol. The van der Waals surface area contributed by atoms with Crippen LogP contribution >= 0.6 is 11.3 Å². The van der Waals surface area contributed by atoms with Gasteiger partial charge in [0.25, 0.3) is 0 Å². The van der Waals surface area contributed by atoms with Crippen molar-refractivity contribution in [3.8, 4) is 0 Å². The highest BCUT2D eigenvalue weighted by molar-refractivity contribution is 7.16. The smallest absolute Gasteiger partial charge is 0.226 e. The summed E-state index contributed by atoms with van der Waals surface area (Å²) in [6, 6.07) is 2.08. The fourth-order valence-corrected chi connectivity index (χ4v) is 3.15. The molecule has 3 rings (SSSR count). The Balaban J connectivity index is 1.98. The summed E-state index contributed by atoms with van der Waals surface area (Å²) in [6.45, 7) is 4.57. The molecule has 0 atom stereocenters. The first-order chi connectivity index (χ1) is 9.28. The number of hydrogen-bond donors (Lipinski definition) is 2. The van der Waals surface area contributed by atoms with Crippen molar-refractivity contribution in [1.29, 1.82) is 0 Å². The van der Waals surface area contributed by atoms with Crippen LogP contribution in [0, 0.1) is 0 Å². The molecule has 0 bridgehead atoms. The minimum atomic E-state index is -0.163. The second kappa shape index (κ2) is 5.30. The van der Waals surface area contributed by atoms with E-state index in [9.17, 15) is 5.11 Å². The molecule has 0 spiro atoms. The molecule has 0 aliphatic carbocycles. The molecular formula is C13H18N4OS. The lowest BCUT2D eigenvalue weighted by Crippen LogP contribution is -2.36. The Hall–Kier alpha value is -1.40. The van der Waals surface area contributed by atoms with Gasteiger partial charge >= 0.3 is 0 Å². The number of anilines is 2. The third-order valence-corrected chi connectivity index (χ3v) is 4.21. The van der Waals surface area contributed by atoms with Crippen molar-refractivity contribution in [2.24, 2.45) is 0 Å². The van der Waals surface area contributed by atoms with E-state index in [0.29, 0.717) is 5.95 Å². The van der Waals surface area contributed by atoms with Crippen molar-refractivity contribution < 1.29 is 5.11 Å². The van der Waals surface area contributed by atoms with Gasteiger partial charge in [-0.05, 0) is 31.2 Å². The van der Waals surface area contributed by atoms with Crippen LogP contribution in [0.4, 0.5) is 11.8 Å². The van der Waals surface area contributed by atoms with E-state index in [-0.39, 0.29) is 6.10 Å². The van der Waals surface area contributed by atoms with Gasteiger partial charge < -0.3 is 15.3 Å². The summed E-state index contributed by atoms with van der Waals surface area (Å²) in [5, 5.41) is 16.0. The van der Waals surface area contributed by atoms with Crippen molar-refractivity contribution in [1.82, 2.24) is 9.97 Å². The van der Waals surface area contributed by atoms with Gasteiger partial charge in [-0.2, -0.15) is 4.98 Å². The second-order valence-electron chi connectivity index (χ2n) is 4.76. The van der Waals surface area contributed by atoms with Crippen molar-refractivity contribution in [3.63, 3.8) is 0 Å². The minimum absolute atomic E-state index is 0.163. The van der Waals surface area contributed by atoms with E-state index < -0.39 is 0 Å². The highest BCUT2D eigenvalue weighted by Gasteiger charge is 2.21. The summed E-state index contributed by atoms with van der Waals surface area (Å²) >= 11 is 1.64. The van der Waals surface area contributed by atoms with Crippen LogP contribution in [-0.4, -0.2) is 40.8 Å². The largest absolute Gasteiger partial charge is 0.393 e. The average Bonchev–Trinajstić information content (AvgIpc) is 2.87. The van der Waals surface area contributed by atoms with Gasteiger partial charge in [0, 0.05) is 19.6 Å². The predicted octanol–water partition coefficient (Wildman–Crippen LogP) is 2.08. The summed E-state index contributed by atoms with van der Waals surface area (Å²) in [4.78, 5) is 12.4. The van der Waals surface area contributed by atoms with Crippen LogP contribution in [0.5, 0.6) is 0 Å². The molecule has 2 aromatic rings. The van der Waals surface area contributed by atoms with Gasteiger partial charge in [0.2, 0.25) is 5.95 Å². The lowest BCUT2D eigenvalue weighted by Gasteiger charge is -2.31. The Morgan fingerprint density at radius 2 is 2.21 bits per heavy atom. The number of aliphatic hydroxyl groups is 1. The molecule has 1 saturated heterocycles. The molecule has 0 aromatic carbocycles. The molecule has 0 saturated carbocycles. The van der Waals surface area contributed by atoms with Gasteiger partial charge in [0.15, 0.2) is 0 Å². The number of fused-ring (bicyclic) bond motifs is 1. The SMILES string of the molecule is CCNc1nc(N2CCC(O)CC2)c2ccsc2n1. The molecule has 2 aromatic heterocycles. The molecule has 19 heavy (non-hydrogen) atoms. The molecular weight excluding hydrogens is 260 g/mol. The lowest BCUT2D eigenvalue weighted by atomic mass is 10.1. The number of piperidine rings is 1. The van der Waals surface area contributed by atoms with Crippen LogP contribution in [-0.2, 0) is 0 Å². The third-order valence-electron chi connectivity index (χ3n) is 3.40. The molecule has 6 heteroatoms. The predicted molar refractivity (Wildman–Crippen MR) is 79.0 cm³/mol. The van der Waals surface area contributed by atoms with Crippen LogP contribution in [0.1, 0.15) is 19.8 Å². The van der Waals surface area contributed by atoms with Gasteiger partial charge in [0.05, 0.1) is 11.5 Å². The Kier molecular flexibility index (Phi) is 3.52. The zero-order chi connectivity index (χ0) is 13.2. The van der Waals surface area contributed by atoms with Gasteiger partial charge in [0.1, 0.15) is 10.6 Å².